The molecule has 0 unspecified atom stereocenters. The second kappa shape index (κ2) is 10.5. The monoisotopic (exact) mass is 551 g/mol. The number of halogens is 2. The van der Waals surface area contributed by atoms with Crippen LogP contribution in [0.25, 0.3) is 11.3 Å². The summed E-state index contributed by atoms with van der Waals surface area (Å²) < 4.78 is 6.23. The molecule has 0 radical (unpaired) electrons. The molecule has 2 fully saturated rings. The Morgan fingerprint density at radius 2 is 1.97 bits per heavy atom. The summed E-state index contributed by atoms with van der Waals surface area (Å²) in [5.74, 6) is 0. The molecule has 1 aliphatic carbocycles. The highest BCUT2D eigenvalue weighted by Gasteiger charge is 2.46. The van der Waals surface area contributed by atoms with Gasteiger partial charge in [-0.05, 0) is 70.4 Å². The van der Waals surface area contributed by atoms with Gasteiger partial charge in [-0.1, -0.05) is 54.0 Å². The van der Waals surface area contributed by atoms with Gasteiger partial charge in [0.25, 0.3) is 0 Å². The van der Waals surface area contributed by atoms with Crippen molar-refractivity contribution in [1.82, 2.24) is 10.3 Å². The molecule has 36 heavy (non-hydrogen) atoms. The highest BCUT2D eigenvalue weighted by Crippen LogP contribution is 2.48. The number of H-pyrrole nitrogens is 1. The van der Waals surface area contributed by atoms with Crippen molar-refractivity contribution in [1.29, 1.82) is 0 Å². The fourth-order valence-electron chi connectivity index (χ4n) is 5.73. The zero-order valence-electron chi connectivity index (χ0n) is 21.3. The number of ether oxygens (including phenoxy) is 1. The van der Waals surface area contributed by atoms with Gasteiger partial charge in [0.15, 0.2) is 0 Å². The van der Waals surface area contributed by atoms with E-state index in [0.717, 1.165) is 67.7 Å². The number of alkyl carbamates (subject to hydrolysis) is 1. The third kappa shape index (κ3) is 5.40. The molecule has 1 amide bonds. The smallest absolute Gasteiger partial charge is 0.407 e. The summed E-state index contributed by atoms with van der Waals surface area (Å²) in [6.45, 7) is 9.04. The molecule has 1 aromatic carbocycles. The van der Waals surface area contributed by atoms with Gasteiger partial charge in [-0.2, -0.15) is 0 Å². The summed E-state index contributed by atoms with van der Waals surface area (Å²) in [7, 11) is 0. The average Bonchev–Trinajstić information content (AvgIpc) is 3.18. The molecule has 2 aromatic rings. The van der Waals surface area contributed by atoms with Gasteiger partial charge in [0.2, 0.25) is 0 Å². The number of aromatic amines is 1. The fraction of sp³-hybridized carbons (Fsp3) is 0.556. The molecule has 1 saturated heterocycles. The highest BCUT2D eigenvalue weighted by molar-refractivity contribution is 7.71. The van der Waals surface area contributed by atoms with E-state index >= 15 is 0 Å². The van der Waals surface area contributed by atoms with Gasteiger partial charge in [0, 0.05) is 24.7 Å². The van der Waals surface area contributed by atoms with Gasteiger partial charge in [-0.25, -0.2) is 4.79 Å². The van der Waals surface area contributed by atoms with E-state index in [1.807, 2.05) is 39.8 Å². The van der Waals surface area contributed by atoms with Gasteiger partial charge >= 0.3 is 6.09 Å². The van der Waals surface area contributed by atoms with Crippen molar-refractivity contribution in [2.75, 3.05) is 18.0 Å². The van der Waals surface area contributed by atoms with E-state index in [0.29, 0.717) is 20.2 Å². The first-order valence-corrected chi connectivity index (χ1v) is 13.7. The van der Waals surface area contributed by atoms with Crippen LogP contribution in [-0.2, 0) is 11.3 Å². The summed E-state index contributed by atoms with van der Waals surface area (Å²) in [6, 6.07) is 5.59. The predicted octanol–water partition coefficient (Wildman–Crippen LogP) is 7.18. The van der Waals surface area contributed by atoms with Crippen LogP contribution in [0.15, 0.2) is 18.2 Å². The van der Waals surface area contributed by atoms with E-state index in [9.17, 15) is 9.90 Å². The molecule has 196 valence electrons. The molecule has 1 atom stereocenters. The second-order valence-corrected chi connectivity index (χ2v) is 12.2. The van der Waals surface area contributed by atoms with Crippen molar-refractivity contribution in [3.05, 3.63) is 44.0 Å². The number of hydrogen-bond donors (Lipinski definition) is 3. The number of pyridine rings is 1. The maximum atomic E-state index is 12.5. The molecule has 1 spiro atoms. The van der Waals surface area contributed by atoms with E-state index in [4.69, 9.17) is 40.2 Å². The SMILES string of the molecule is Cc1c(-c2cccc(Cl)c2Cl)[nH]c(CO)c(N2CCC3(CCC[C@H]3NC(=O)OC(C)(C)C)CC2)c1=S. The van der Waals surface area contributed by atoms with Crippen molar-refractivity contribution in [3.8, 4) is 11.3 Å². The van der Waals surface area contributed by atoms with E-state index in [1.54, 1.807) is 6.07 Å². The highest BCUT2D eigenvalue weighted by atomic mass is 35.5. The zero-order valence-corrected chi connectivity index (χ0v) is 23.7. The molecule has 1 aliphatic heterocycles. The normalized spacial score (nSPS) is 19.5. The number of carbonyl (C=O) groups is 1. The van der Waals surface area contributed by atoms with Crippen LogP contribution in [0, 0.1) is 16.8 Å². The Morgan fingerprint density at radius 3 is 2.61 bits per heavy atom. The summed E-state index contributed by atoms with van der Waals surface area (Å²) in [6.07, 6.45) is 4.69. The van der Waals surface area contributed by atoms with Crippen molar-refractivity contribution in [3.63, 3.8) is 0 Å². The molecule has 2 aliphatic rings. The Morgan fingerprint density at radius 1 is 1.28 bits per heavy atom. The molecular weight excluding hydrogens is 517 g/mol. The minimum atomic E-state index is -0.518. The number of rotatable bonds is 4. The van der Waals surface area contributed by atoms with Crippen LogP contribution in [0.5, 0.6) is 0 Å². The van der Waals surface area contributed by atoms with E-state index in [-0.39, 0.29) is 24.2 Å². The lowest BCUT2D eigenvalue weighted by molar-refractivity contribution is 0.0442. The first-order chi connectivity index (χ1) is 17.0. The number of nitrogens with one attached hydrogen (secondary N) is 2. The van der Waals surface area contributed by atoms with Crippen LogP contribution < -0.4 is 10.2 Å². The number of carbonyl (C=O) groups excluding carboxylic acids is 1. The molecule has 4 rings (SSSR count). The Labute approximate surface area is 228 Å². The first kappa shape index (κ1) is 27.2. The molecule has 2 heterocycles. The number of aliphatic hydroxyl groups excluding tert-OH is 1. The summed E-state index contributed by atoms with van der Waals surface area (Å²) in [4.78, 5) is 18.1. The maximum absolute atomic E-state index is 12.5. The Bertz CT molecular complexity index is 1200. The van der Waals surface area contributed by atoms with Crippen LogP contribution in [0.2, 0.25) is 10.0 Å². The minimum absolute atomic E-state index is 0.0570. The molecule has 9 heteroatoms. The first-order valence-electron chi connectivity index (χ1n) is 12.5. The lowest BCUT2D eigenvalue weighted by atomic mass is 9.74. The number of anilines is 1. The average molecular weight is 553 g/mol. The topological polar surface area (TPSA) is 77.6 Å². The second-order valence-electron chi connectivity index (χ2n) is 11.0. The molecule has 1 aromatic heterocycles. The molecular formula is C27H35Cl2N3O3S. The number of benzene rings is 1. The lowest BCUT2D eigenvalue weighted by Gasteiger charge is -2.44. The van der Waals surface area contributed by atoms with Crippen molar-refractivity contribution >= 4 is 47.2 Å². The van der Waals surface area contributed by atoms with Crippen LogP contribution in [-0.4, -0.2) is 40.9 Å². The summed E-state index contributed by atoms with van der Waals surface area (Å²) in [5, 5.41) is 14.4. The number of aromatic nitrogens is 1. The Balaban J connectivity index is 1.57. The number of aliphatic hydroxyl groups is 1. The van der Waals surface area contributed by atoms with E-state index in [2.05, 4.69) is 15.2 Å². The largest absolute Gasteiger partial charge is 0.444 e. The quantitative estimate of drug-likeness (QED) is 0.350. The molecule has 0 bridgehead atoms. The number of amides is 1. The van der Waals surface area contributed by atoms with Gasteiger partial charge < -0.3 is 25.0 Å². The molecule has 6 nitrogen and oxygen atoms in total. The standard InChI is InChI=1S/C27H35Cl2N3O3S/c1-16-22(17-7-5-8-18(28)21(17)29)30-19(15-33)23(24(16)36)32-13-11-27(12-14-32)10-6-9-20(27)31-25(34)35-26(2,3)4/h5,7-8,20,33H,6,9-15H2,1-4H3,(H,30,36)(H,31,34)/t20-/m1/s1. The number of hydrogen-bond acceptors (Lipinski definition) is 5. The van der Waals surface area contributed by atoms with Crippen LogP contribution in [0.4, 0.5) is 10.5 Å². The van der Waals surface area contributed by atoms with Crippen LogP contribution in [0.3, 0.4) is 0 Å². The lowest BCUT2D eigenvalue weighted by Crippen LogP contribution is -2.51. The third-order valence-electron chi connectivity index (χ3n) is 7.54. The van der Waals surface area contributed by atoms with Gasteiger partial charge in [0.05, 0.1) is 38.2 Å². The fourth-order valence-corrected chi connectivity index (χ4v) is 6.48. The molecule has 1 saturated carbocycles. The minimum Gasteiger partial charge on any atom is -0.444 e. The number of piperidine rings is 1. The van der Waals surface area contributed by atoms with Crippen molar-refractivity contribution < 1.29 is 14.6 Å². The molecule has 3 N–H and O–H groups in total. The van der Waals surface area contributed by atoms with E-state index < -0.39 is 5.60 Å². The zero-order chi connectivity index (χ0) is 26.3. The Hall–Kier alpha value is -1.80. The Kier molecular flexibility index (Phi) is 7.96. The number of nitrogens with zero attached hydrogens (tertiary/aromatic N) is 1. The van der Waals surface area contributed by atoms with Crippen LogP contribution >= 0.6 is 35.4 Å². The van der Waals surface area contributed by atoms with Crippen LogP contribution in [0.1, 0.15) is 64.1 Å². The van der Waals surface area contributed by atoms with Gasteiger partial charge in [-0.3, -0.25) is 0 Å². The third-order valence-corrected chi connectivity index (χ3v) is 8.86. The maximum Gasteiger partial charge on any atom is 0.407 e. The summed E-state index contributed by atoms with van der Waals surface area (Å²) in [5.41, 5.74) is 3.50. The predicted molar refractivity (Wildman–Crippen MR) is 149 cm³/mol. The summed E-state index contributed by atoms with van der Waals surface area (Å²) >= 11 is 18.7. The van der Waals surface area contributed by atoms with Crippen molar-refractivity contribution in [2.45, 2.75) is 78.0 Å². The van der Waals surface area contributed by atoms with Gasteiger partial charge in [-0.15, -0.1) is 0 Å². The van der Waals surface area contributed by atoms with Gasteiger partial charge in [0.1, 0.15) is 5.60 Å². The van der Waals surface area contributed by atoms with E-state index in [1.165, 1.54) is 0 Å². The van der Waals surface area contributed by atoms with Crippen molar-refractivity contribution in [2.24, 2.45) is 5.41 Å².